The second-order valence-electron chi connectivity index (χ2n) is 4.41. The minimum atomic E-state index is -0.249. The summed E-state index contributed by atoms with van der Waals surface area (Å²) in [6.45, 7) is 2.56. The molecule has 14 heavy (non-hydrogen) atoms. The Labute approximate surface area is 85.4 Å². The van der Waals surface area contributed by atoms with E-state index in [2.05, 4.69) is 0 Å². The third kappa shape index (κ3) is 2.69. The number of aliphatic hydroxyl groups excluding tert-OH is 1. The van der Waals surface area contributed by atoms with Gasteiger partial charge in [0.2, 0.25) is 0 Å². The van der Waals surface area contributed by atoms with E-state index in [1.165, 1.54) is 0 Å². The molecule has 2 fully saturated rings. The lowest BCUT2D eigenvalue weighted by molar-refractivity contribution is -0.0254. The lowest BCUT2D eigenvalue weighted by Gasteiger charge is -2.26. The molecule has 2 unspecified atom stereocenters. The Kier molecular flexibility index (Phi) is 3.79. The first-order valence-corrected chi connectivity index (χ1v) is 5.73. The molecule has 0 bridgehead atoms. The molecule has 1 N–H and O–H groups in total. The minimum absolute atomic E-state index is 0.109. The Morgan fingerprint density at radius 1 is 1.14 bits per heavy atom. The Hall–Kier alpha value is -0.120. The number of hydrogen-bond acceptors (Lipinski definition) is 3. The van der Waals surface area contributed by atoms with Crippen molar-refractivity contribution in [2.75, 3.05) is 19.8 Å². The smallest absolute Gasteiger partial charge is 0.0834 e. The molecule has 2 atom stereocenters. The summed E-state index contributed by atoms with van der Waals surface area (Å²) in [4.78, 5) is 0. The van der Waals surface area contributed by atoms with Crippen LogP contribution in [0.2, 0.25) is 0 Å². The minimum Gasteiger partial charge on any atom is -0.390 e. The average molecular weight is 200 g/mol. The standard InChI is InChI=1S/C11H20O3/c12-10(11-2-1-5-14-11)8-9-3-6-13-7-4-9/h9-12H,1-8H2. The van der Waals surface area contributed by atoms with Crippen molar-refractivity contribution in [3.8, 4) is 0 Å². The molecule has 0 spiro atoms. The SMILES string of the molecule is OC(CC1CCOCC1)C1CCCO1. The van der Waals surface area contributed by atoms with E-state index >= 15 is 0 Å². The molecule has 2 saturated heterocycles. The first kappa shape index (κ1) is 10.4. The van der Waals surface area contributed by atoms with Crippen LogP contribution in [0.3, 0.4) is 0 Å². The van der Waals surface area contributed by atoms with Crippen LogP contribution in [0.25, 0.3) is 0 Å². The molecule has 0 aromatic heterocycles. The van der Waals surface area contributed by atoms with E-state index in [4.69, 9.17) is 9.47 Å². The topological polar surface area (TPSA) is 38.7 Å². The second kappa shape index (κ2) is 5.10. The van der Waals surface area contributed by atoms with Gasteiger partial charge in [-0.1, -0.05) is 0 Å². The summed E-state index contributed by atoms with van der Waals surface area (Å²) < 4.78 is 10.8. The third-order valence-electron chi connectivity index (χ3n) is 3.31. The summed E-state index contributed by atoms with van der Waals surface area (Å²) in [6.07, 6.45) is 5.10. The molecule has 2 aliphatic rings. The molecule has 0 aliphatic carbocycles. The average Bonchev–Trinajstić information content (AvgIpc) is 2.72. The zero-order valence-electron chi connectivity index (χ0n) is 8.65. The van der Waals surface area contributed by atoms with Gasteiger partial charge in [0.15, 0.2) is 0 Å². The van der Waals surface area contributed by atoms with E-state index in [-0.39, 0.29) is 12.2 Å². The fourth-order valence-corrected chi connectivity index (χ4v) is 2.38. The van der Waals surface area contributed by atoms with Crippen molar-refractivity contribution in [2.24, 2.45) is 5.92 Å². The van der Waals surface area contributed by atoms with Crippen molar-refractivity contribution in [2.45, 2.75) is 44.3 Å². The van der Waals surface area contributed by atoms with Gasteiger partial charge in [-0.25, -0.2) is 0 Å². The number of rotatable bonds is 3. The van der Waals surface area contributed by atoms with Crippen molar-refractivity contribution < 1.29 is 14.6 Å². The molecule has 0 aromatic rings. The molecule has 0 radical (unpaired) electrons. The lowest BCUT2D eigenvalue weighted by Crippen LogP contribution is -2.29. The van der Waals surface area contributed by atoms with Gasteiger partial charge in [0.25, 0.3) is 0 Å². The molecule has 3 nitrogen and oxygen atoms in total. The Morgan fingerprint density at radius 2 is 1.93 bits per heavy atom. The molecular formula is C11H20O3. The van der Waals surface area contributed by atoms with Crippen molar-refractivity contribution >= 4 is 0 Å². The molecule has 82 valence electrons. The largest absolute Gasteiger partial charge is 0.390 e. The van der Waals surface area contributed by atoms with Crippen molar-refractivity contribution in [3.05, 3.63) is 0 Å². The van der Waals surface area contributed by atoms with Gasteiger partial charge in [-0.3, -0.25) is 0 Å². The van der Waals surface area contributed by atoms with Crippen LogP contribution in [-0.4, -0.2) is 37.1 Å². The van der Waals surface area contributed by atoms with Crippen LogP contribution in [0, 0.1) is 5.92 Å². The molecule has 0 amide bonds. The van der Waals surface area contributed by atoms with Gasteiger partial charge in [-0.15, -0.1) is 0 Å². The Bertz CT molecular complexity index is 160. The summed E-state index contributed by atoms with van der Waals surface area (Å²) in [5.41, 5.74) is 0. The van der Waals surface area contributed by atoms with Crippen LogP contribution >= 0.6 is 0 Å². The van der Waals surface area contributed by atoms with Gasteiger partial charge in [-0.2, -0.15) is 0 Å². The van der Waals surface area contributed by atoms with Gasteiger partial charge in [0.05, 0.1) is 12.2 Å². The van der Waals surface area contributed by atoms with Crippen LogP contribution in [-0.2, 0) is 9.47 Å². The van der Waals surface area contributed by atoms with Crippen molar-refractivity contribution in [1.82, 2.24) is 0 Å². The monoisotopic (exact) mass is 200 g/mol. The zero-order chi connectivity index (χ0) is 9.80. The van der Waals surface area contributed by atoms with Crippen LogP contribution < -0.4 is 0 Å². The molecule has 2 rings (SSSR count). The fraction of sp³-hybridized carbons (Fsp3) is 1.00. The van der Waals surface area contributed by atoms with Gasteiger partial charge in [-0.05, 0) is 38.0 Å². The molecule has 3 heteroatoms. The summed E-state index contributed by atoms with van der Waals surface area (Å²) >= 11 is 0. The number of hydrogen-bond donors (Lipinski definition) is 1. The quantitative estimate of drug-likeness (QED) is 0.747. The van der Waals surface area contributed by atoms with E-state index in [0.29, 0.717) is 5.92 Å². The highest BCUT2D eigenvalue weighted by Gasteiger charge is 2.27. The maximum absolute atomic E-state index is 9.94. The highest BCUT2D eigenvalue weighted by Crippen LogP contribution is 2.25. The summed E-state index contributed by atoms with van der Waals surface area (Å²) in [5.74, 6) is 0.642. The van der Waals surface area contributed by atoms with E-state index in [1.807, 2.05) is 0 Å². The summed E-state index contributed by atoms with van der Waals surface area (Å²) in [5, 5.41) is 9.94. The highest BCUT2D eigenvalue weighted by atomic mass is 16.5. The van der Waals surface area contributed by atoms with Crippen molar-refractivity contribution in [1.29, 1.82) is 0 Å². The van der Waals surface area contributed by atoms with E-state index in [9.17, 15) is 5.11 Å². The molecule has 2 aliphatic heterocycles. The van der Waals surface area contributed by atoms with E-state index in [1.54, 1.807) is 0 Å². The first-order chi connectivity index (χ1) is 6.86. The summed E-state index contributed by atoms with van der Waals surface area (Å²) in [7, 11) is 0. The predicted molar refractivity (Wildman–Crippen MR) is 53.1 cm³/mol. The first-order valence-electron chi connectivity index (χ1n) is 5.73. The maximum atomic E-state index is 9.94. The normalized spacial score (nSPS) is 31.9. The second-order valence-corrected chi connectivity index (χ2v) is 4.41. The van der Waals surface area contributed by atoms with Crippen LogP contribution in [0.5, 0.6) is 0 Å². The van der Waals surface area contributed by atoms with Gasteiger partial charge < -0.3 is 14.6 Å². The Morgan fingerprint density at radius 3 is 2.57 bits per heavy atom. The summed E-state index contributed by atoms with van der Waals surface area (Å²) in [6, 6.07) is 0. The van der Waals surface area contributed by atoms with Crippen molar-refractivity contribution in [3.63, 3.8) is 0 Å². The van der Waals surface area contributed by atoms with E-state index < -0.39 is 0 Å². The molecular weight excluding hydrogens is 180 g/mol. The number of ether oxygens (including phenoxy) is 2. The van der Waals surface area contributed by atoms with E-state index in [0.717, 1.165) is 51.9 Å². The van der Waals surface area contributed by atoms with Crippen LogP contribution in [0.1, 0.15) is 32.1 Å². The predicted octanol–water partition coefficient (Wildman–Crippen LogP) is 1.34. The van der Waals surface area contributed by atoms with Crippen LogP contribution in [0.4, 0.5) is 0 Å². The third-order valence-corrected chi connectivity index (χ3v) is 3.31. The lowest BCUT2D eigenvalue weighted by atomic mass is 9.91. The Balaban J connectivity index is 1.72. The maximum Gasteiger partial charge on any atom is 0.0834 e. The highest BCUT2D eigenvalue weighted by molar-refractivity contribution is 4.77. The fourth-order valence-electron chi connectivity index (χ4n) is 2.38. The van der Waals surface area contributed by atoms with Gasteiger partial charge >= 0.3 is 0 Å². The number of aliphatic hydroxyl groups is 1. The molecule has 0 saturated carbocycles. The van der Waals surface area contributed by atoms with Gasteiger partial charge in [0.1, 0.15) is 0 Å². The molecule has 2 heterocycles. The molecule has 0 aromatic carbocycles. The zero-order valence-corrected chi connectivity index (χ0v) is 8.65. The van der Waals surface area contributed by atoms with Gasteiger partial charge in [0, 0.05) is 19.8 Å². The van der Waals surface area contributed by atoms with Crippen LogP contribution in [0.15, 0.2) is 0 Å².